The van der Waals surface area contributed by atoms with Crippen LogP contribution in [0.15, 0.2) is 74.7 Å². The smallest absolute Gasteiger partial charge is 0.296 e. The van der Waals surface area contributed by atoms with E-state index in [0.717, 1.165) is 27.0 Å². The van der Waals surface area contributed by atoms with E-state index in [1.165, 1.54) is 0 Å². The minimum absolute atomic E-state index is 0.193. The normalized spacial score (nSPS) is 11.9. The molecule has 2 aromatic carbocycles. The van der Waals surface area contributed by atoms with Crippen LogP contribution in [0.3, 0.4) is 0 Å². The molecule has 0 unspecified atom stereocenters. The first kappa shape index (κ1) is 21.1. The Morgan fingerprint density at radius 3 is 2.64 bits per heavy atom. The van der Waals surface area contributed by atoms with E-state index in [-0.39, 0.29) is 22.6 Å². The number of hydrogen-bond acceptors (Lipinski definition) is 7. The third-order valence-electron chi connectivity index (χ3n) is 5.02. The van der Waals surface area contributed by atoms with E-state index in [1.54, 1.807) is 43.5 Å². The topological polar surface area (TPSA) is 86.7 Å². The van der Waals surface area contributed by atoms with Crippen LogP contribution in [-0.4, -0.2) is 21.7 Å². The van der Waals surface area contributed by atoms with Gasteiger partial charge in [-0.05, 0) is 42.0 Å². The molecule has 0 aliphatic rings. The number of ether oxygens (including phenoxy) is 1. The van der Waals surface area contributed by atoms with Crippen molar-refractivity contribution in [2.75, 3.05) is 7.11 Å². The second kappa shape index (κ2) is 8.65. The van der Waals surface area contributed by atoms with Gasteiger partial charge in [0.25, 0.3) is 11.1 Å². The first-order chi connectivity index (χ1) is 16.0. The van der Waals surface area contributed by atoms with Crippen molar-refractivity contribution >= 4 is 34.0 Å². The fraction of sp³-hybridized carbons (Fsp3) is 0.0833. The van der Waals surface area contributed by atoms with Crippen molar-refractivity contribution in [3.05, 3.63) is 108 Å². The number of methoxy groups -OCH3 is 1. The molecule has 0 amide bonds. The Morgan fingerprint density at radius 1 is 1.09 bits per heavy atom. The van der Waals surface area contributed by atoms with E-state index in [2.05, 4.69) is 10.1 Å². The van der Waals surface area contributed by atoms with Gasteiger partial charge in [-0.2, -0.15) is 14.6 Å². The van der Waals surface area contributed by atoms with E-state index in [4.69, 9.17) is 20.8 Å². The van der Waals surface area contributed by atoms with Gasteiger partial charge in [-0.15, -0.1) is 0 Å². The van der Waals surface area contributed by atoms with Gasteiger partial charge in [-0.25, -0.2) is 0 Å². The number of hydrogen-bond donors (Lipinski definition) is 0. The SMILES string of the molecule is COc1ccc(Cc2nn3c(=O)c(=Cc4ccc(-c5ccccc5Cl)o4)sc3nc2=O)cc1. The Balaban J connectivity index is 1.51. The number of furan rings is 1. The molecule has 0 saturated heterocycles. The summed E-state index contributed by atoms with van der Waals surface area (Å²) in [5, 5.41) is 4.85. The van der Waals surface area contributed by atoms with Gasteiger partial charge in [0, 0.05) is 18.1 Å². The van der Waals surface area contributed by atoms with Crippen molar-refractivity contribution in [2.24, 2.45) is 0 Å². The largest absolute Gasteiger partial charge is 0.497 e. The Hall–Kier alpha value is -3.75. The lowest BCUT2D eigenvalue weighted by atomic mass is 10.1. The van der Waals surface area contributed by atoms with E-state index < -0.39 is 5.56 Å². The Morgan fingerprint density at radius 2 is 1.88 bits per heavy atom. The van der Waals surface area contributed by atoms with Crippen LogP contribution in [0.4, 0.5) is 0 Å². The summed E-state index contributed by atoms with van der Waals surface area (Å²) in [6.45, 7) is 0. The number of aromatic nitrogens is 3. The molecule has 0 bridgehead atoms. The highest BCUT2D eigenvalue weighted by Gasteiger charge is 2.13. The van der Waals surface area contributed by atoms with Crippen molar-refractivity contribution in [2.45, 2.75) is 6.42 Å². The molecule has 0 saturated carbocycles. The number of nitrogens with zero attached hydrogens (tertiary/aromatic N) is 3. The van der Waals surface area contributed by atoms with Gasteiger partial charge in [0.15, 0.2) is 0 Å². The molecule has 5 rings (SSSR count). The summed E-state index contributed by atoms with van der Waals surface area (Å²) >= 11 is 7.32. The van der Waals surface area contributed by atoms with Crippen molar-refractivity contribution < 1.29 is 9.15 Å². The summed E-state index contributed by atoms with van der Waals surface area (Å²) in [6.07, 6.45) is 1.86. The van der Waals surface area contributed by atoms with E-state index in [1.807, 2.05) is 30.3 Å². The Kier molecular flexibility index (Phi) is 5.53. The number of benzene rings is 2. The van der Waals surface area contributed by atoms with Gasteiger partial charge in [0.05, 0.1) is 12.1 Å². The maximum Gasteiger partial charge on any atom is 0.296 e. The van der Waals surface area contributed by atoms with Crippen molar-refractivity contribution in [1.82, 2.24) is 14.6 Å². The second-order valence-electron chi connectivity index (χ2n) is 7.18. The first-order valence-electron chi connectivity index (χ1n) is 9.94. The van der Waals surface area contributed by atoms with E-state index in [9.17, 15) is 9.59 Å². The fourth-order valence-corrected chi connectivity index (χ4v) is 4.47. The molecular formula is C24H16ClN3O4S. The lowest BCUT2D eigenvalue weighted by molar-refractivity contribution is 0.414. The molecule has 33 heavy (non-hydrogen) atoms. The molecule has 5 aromatic rings. The monoisotopic (exact) mass is 477 g/mol. The van der Waals surface area contributed by atoms with Crippen molar-refractivity contribution in [1.29, 1.82) is 0 Å². The lowest BCUT2D eigenvalue weighted by Crippen LogP contribution is -2.28. The quantitative estimate of drug-likeness (QED) is 0.384. The van der Waals surface area contributed by atoms with Crippen LogP contribution in [0.1, 0.15) is 17.0 Å². The predicted octanol–water partition coefficient (Wildman–Crippen LogP) is 3.57. The molecule has 3 aromatic heterocycles. The van der Waals surface area contributed by atoms with Crippen LogP contribution in [0.25, 0.3) is 22.4 Å². The predicted molar refractivity (Wildman–Crippen MR) is 127 cm³/mol. The second-order valence-corrected chi connectivity index (χ2v) is 8.60. The molecule has 0 atom stereocenters. The standard InChI is InChI=1S/C24H16ClN3O4S/c1-31-15-8-6-14(7-9-15)12-19-22(29)26-24-28(27-19)23(30)21(33-24)13-16-10-11-20(32-16)17-4-2-3-5-18(17)25/h2-11,13H,12H2,1H3. The van der Waals surface area contributed by atoms with Crippen LogP contribution < -0.4 is 20.4 Å². The number of halogens is 1. The average molecular weight is 478 g/mol. The number of fused-ring (bicyclic) bond motifs is 1. The van der Waals surface area contributed by atoms with Crippen LogP contribution >= 0.6 is 22.9 Å². The van der Waals surface area contributed by atoms with E-state index >= 15 is 0 Å². The molecule has 9 heteroatoms. The number of rotatable bonds is 5. The fourth-order valence-electron chi connectivity index (χ4n) is 3.35. The first-order valence-corrected chi connectivity index (χ1v) is 11.1. The highest BCUT2D eigenvalue weighted by Crippen LogP contribution is 2.29. The van der Waals surface area contributed by atoms with Crippen LogP contribution in [-0.2, 0) is 6.42 Å². The minimum Gasteiger partial charge on any atom is -0.497 e. The maximum absolute atomic E-state index is 12.9. The summed E-state index contributed by atoms with van der Waals surface area (Å²) in [4.78, 5) is 29.7. The van der Waals surface area contributed by atoms with Crippen LogP contribution in [0.5, 0.6) is 5.75 Å². The Bertz CT molecular complexity index is 1640. The summed E-state index contributed by atoms with van der Waals surface area (Å²) < 4.78 is 12.5. The van der Waals surface area contributed by atoms with Gasteiger partial charge in [0.1, 0.15) is 27.5 Å². The minimum atomic E-state index is -0.461. The average Bonchev–Trinajstić information content (AvgIpc) is 3.40. The molecule has 0 spiro atoms. The van der Waals surface area contributed by atoms with Gasteiger partial charge in [-0.3, -0.25) is 9.59 Å². The van der Waals surface area contributed by atoms with Crippen LogP contribution in [0, 0.1) is 0 Å². The molecular weight excluding hydrogens is 462 g/mol. The zero-order chi connectivity index (χ0) is 22.9. The van der Waals surface area contributed by atoms with Gasteiger partial charge < -0.3 is 9.15 Å². The van der Waals surface area contributed by atoms with Crippen LogP contribution in [0.2, 0.25) is 5.02 Å². The highest BCUT2D eigenvalue weighted by molar-refractivity contribution is 7.15. The molecule has 0 aliphatic heterocycles. The lowest BCUT2D eigenvalue weighted by Gasteiger charge is -2.02. The molecule has 0 radical (unpaired) electrons. The highest BCUT2D eigenvalue weighted by atomic mass is 35.5. The van der Waals surface area contributed by atoms with Gasteiger partial charge in [0.2, 0.25) is 4.96 Å². The zero-order valence-corrected chi connectivity index (χ0v) is 18.9. The summed E-state index contributed by atoms with van der Waals surface area (Å²) in [6, 6.07) is 18.2. The summed E-state index contributed by atoms with van der Waals surface area (Å²) in [5.41, 5.74) is 0.985. The zero-order valence-electron chi connectivity index (χ0n) is 17.3. The van der Waals surface area contributed by atoms with E-state index in [0.29, 0.717) is 26.8 Å². The molecule has 164 valence electrons. The molecule has 7 nitrogen and oxygen atoms in total. The summed E-state index contributed by atoms with van der Waals surface area (Å²) in [7, 11) is 1.59. The Labute approximate surface area is 196 Å². The molecule has 0 aliphatic carbocycles. The third kappa shape index (κ3) is 4.18. The van der Waals surface area contributed by atoms with Gasteiger partial charge in [-0.1, -0.05) is 47.2 Å². The molecule has 3 heterocycles. The van der Waals surface area contributed by atoms with Crippen molar-refractivity contribution in [3.63, 3.8) is 0 Å². The summed E-state index contributed by atoms with van der Waals surface area (Å²) in [5.74, 6) is 1.79. The van der Waals surface area contributed by atoms with Crippen molar-refractivity contribution in [3.8, 4) is 17.1 Å². The number of thiazole rings is 1. The molecule has 0 N–H and O–H groups in total. The third-order valence-corrected chi connectivity index (χ3v) is 6.31. The molecule has 0 fully saturated rings. The van der Waals surface area contributed by atoms with Gasteiger partial charge >= 0.3 is 0 Å². The maximum atomic E-state index is 12.9.